The maximum Gasteiger partial charge on any atom is 0.335 e. The molecule has 0 saturated carbocycles. The van der Waals surface area contributed by atoms with Crippen molar-refractivity contribution in [3.05, 3.63) is 34.7 Å². The number of carbonyl (C=O) groups is 1. The van der Waals surface area contributed by atoms with Gasteiger partial charge in [0.2, 0.25) is 0 Å². The van der Waals surface area contributed by atoms with E-state index in [0.29, 0.717) is 11.6 Å². The van der Waals surface area contributed by atoms with Crippen LogP contribution in [0.15, 0.2) is 24.3 Å². The maximum absolute atomic E-state index is 10.9. The lowest BCUT2D eigenvalue weighted by Gasteiger charge is -2.19. The molecule has 0 aliphatic heterocycles. The molecule has 0 unspecified atom stereocenters. The fraction of sp³-hybridized carbons (Fsp3) is 0.333. The van der Waals surface area contributed by atoms with E-state index in [4.69, 9.17) is 5.11 Å². The molecular formula is C15H18N2O2S. The van der Waals surface area contributed by atoms with Crippen LogP contribution in [-0.4, -0.2) is 29.1 Å². The normalized spacial score (nSPS) is 10.8. The third kappa shape index (κ3) is 2.82. The summed E-state index contributed by atoms with van der Waals surface area (Å²) in [6.07, 6.45) is 0. The molecule has 1 N–H and O–H groups in total. The van der Waals surface area contributed by atoms with Crippen LogP contribution in [0.3, 0.4) is 0 Å². The Labute approximate surface area is 122 Å². The number of aryl methyl sites for hydroxylation is 1. The highest BCUT2D eigenvalue weighted by Crippen LogP contribution is 2.32. The molecular weight excluding hydrogens is 272 g/mol. The summed E-state index contributed by atoms with van der Waals surface area (Å²) < 4.78 is 0. The number of carboxylic acid groups (broad SMARTS) is 1. The van der Waals surface area contributed by atoms with E-state index in [1.807, 2.05) is 26.1 Å². The Bertz CT molecular complexity index is 617. The minimum absolute atomic E-state index is 0.293. The molecule has 0 bridgehead atoms. The van der Waals surface area contributed by atoms with Crippen molar-refractivity contribution in [1.82, 2.24) is 4.98 Å². The number of carboxylic acids is 1. The van der Waals surface area contributed by atoms with Gasteiger partial charge in [-0.05, 0) is 32.9 Å². The van der Waals surface area contributed by atoms with Crippen molar-refractivity contribution in [3.63, 3.8) is 0 Å². The molecule has 1 aromatic carbocycles. The molecule has 106 valence electrons. The molecule has 0 radical (unpaired) electrons. The van der Waals surface area contributed by atoms with Crippen LogP contribution in [0.5, 0.6) is 0 Å². The van der Waals surface area contributed by atoms with E-state index in [0.717, 1.165) is 21.3 Å². The van der Waals surface area contributed by atoms with Gasteiger partial charge in [0.05, 0.1) is 11.3 Å². The number of thiazole rings is 1. The first-order valence-electron chi connectivity index (χ1n) is 6.44. The second-order valence-electron chi connectivity index (χ2n) is 4.99. The Hall–Kier alpha value is -1.88. The highest BCUT2D eigenvalue weighted by molar-refractivity contribution is 7.16. The molecule has 1 heterocycles. The Morgan fingerprint density at radius 1 is 1.30 bits per heavy atom. The third-order valence-electron chi connectivity index (χ3n) is 3.27. The molecule has 1 aromatic heterocycles. The summed E-state index contributed by atoms with van der Waals surface area (Å²) in [5.41, 5.74) is 2.17. The Morgan fingerprint density at radius 3 is 2.40 bits per heavy atom. The van der Waals surface area contributed by atoms with Crippen molar-refractivity contribution >= 4 is 22.4 Å². The van der Waals surface area contributed by atoms with Crippen LogP contribution < -0.4 is 4.90 Å². The lowest BCUT2D eigenvalue weighted by atomic mass is 10.1. The average molecular weight is 290 g/mol. The Morgan fingerprint density at radius 2 is 1.90 bits per heavy atom. The summed E-state index contributed by atoms with van der Waals surface area (Å²) in [6, 6.07) is 7.24. The monoisotopic (exact) mass is 290 g/mol. The fourth-order valence-corrected chi connectivity index (χ4v) is 2.82. The van der Waals surface area contributed by atoms with Gasteiger partial charge in [0.25, 0.3) is 0 Å². The van der Waals surface area contributed by atoms with E-state index in [9.17, 15) is 4.79 Å². The first-order valence-corrected chi connectivity index (χ1v) is 7.25. The molecule has 0 atom stereocenters. The number of hydrogen-bond donors (Lipinski definition) is 1. The zero-order valence-electron chi connectivity index (χ0n) is 12.0. The van der Waals surface area contributed by atoms with E-state index in [-0.39, 0.29) is 0 Å². The first-order chi connectivity index (χ1) is 9.40. The standard InChI is InChI=1S/C15H18N2O2S/c1-9(2)17(4)15-16-13(10(3)20-15)11-5-7-12(8-6-11)14(18)19/h5-9H,1-4H3,(H,18,19). The van der Waals surface area contributed by atoms with E-state index >= 15 is 0 Å². The van der Waals surface area contributed by atoms with Crippen LogP contribution >= 0.6 is 11.3 Å². The summed E-state index contributed by atoms with van der Waals surface area (Å²) in [4.78, 5) is 18.8. The number of aromatic carboxylic acids is 1. The van der Waals surface area contributed by atoms with Crippen molar-refractivity contribution in [2.75, 3.05) is 11.9 Å². The number of rotatable bonds is 4. The molecule has 0 aliphatic carbocycles. The van der Waals surface area contributed by atoms with Crippen LogP contribution in [0.1, 0.15) is 29.1 Å². The highest BCUT2D eigenvalue weighted by atomic mass is 32.1. The molecule has 0 spiro atoms. The van der Waals surface area contributed by atoms with Gasteiger partial charge in [0.1, 0.15) is 0 Å². The molecule has 5 heteroatoms. The molecule has 0 saturated heterocycles. The maximum atomic E-state index is 10.9. The minimum atomic E-state index is -0.910. The van der Waals surface area contributed by atoms with E-state index < -0.39 is 5.97 Å². The zero-order chi connectivity index (χ0) is 14.9. The molecule has 2 aromatic rings. The average Bonchev–Trinajstić information content (AvgIpc) is 2.79. The highest BCUT2D eigenvalue weighted by Gasteiger charge is 2.14. The van der Waals surface area contributed by atoms with Crippen LogP contribution in [0.4, 0.5) is 5.13 Å². The summed E-state index contributed by atoms with van der Waals surface area (Å²) in [5, 5.41) is 9.90. The van der Waals surface area contributed by atoms with Gasteiger partial charge in [0, 0.05) is 23.5 Å². The molecule has 0 fully saturated rings. The largest absolute Gasteiger partial charge is 0.478 e. The van der Waals surface area contributed by atoms with Crippen LogP contribution in [0.2, 0.25) is 0 Å². The molecule has 0 aliphatic rings. The Kier molecular flexibility index (Phi) is 4.09. The van der Waals surface area contributed by atoms with Gasteiger partial charge in [-0.3, -0.25) is 0 Å². The lowest BCUT2D eigenvalue weighted by Crippen LogP contribution is -2.25. The van der Waals surface area contributed by atoms with E-state index in [2.05, 4.69) is 23.7 Å². The van der Waals surface area contributed by atoms with Gasteiger partial charge in [-0.1, -0.05) is 12.1 Å². The van der Waals surface area contributed by atoms with Gasteiger partial charge < -0.3 is 10.0 Å². The Balaban J connectivity index is 2.35. The van der Waals surface area contributed by atoms with E-state index in [1.54, 1.807) is 23.5 Å². The number of benzene rings is 1. The number of nitrogens with zero attached hydrogens (tertiary/aromatic N) is 2. The fourth-order valence-electron chi connectivity index (χ4n) is 1.79. The molecule has 0 amide bonds. The third-order valence-corrected chi connectivity index (χ3v) is 4.33. The lowest BCUT2D eigenvalue weighted by molar-refractivity contribution is 0.0697. The van der Waals surface area contributed by atoms with Crippen LogP contribution in [0, 0.1) is 6.92 Å². The summed E-state index contributed by atoms with van der Waals surface area (Å²) in [5.74, 6) is -0.910. The quantitative estimate of drug-likeness (QED) is 0.933. The van der Waals surface area contributed by atoms with Gasteiger partial charge in [-0.15, -0.1) is 11.3 Å². The predicted molar refractivity (Wildman–Crippen MR) is 82.8 cm³/mol. The van der Waals surface area contributed by atoms with Crippen LogP contribution in [-0.2, 0) is 0 Å². The first kappa shape index (κ1) is 14.5. The van der Waals surface area contributed by atoms with Crippen molar-refractivity contribution in [2.45, 2.75) is 26.8 Å². The summed E-state index contributed by atoms with van der Waals surface area (Å²) in [7, 11) is 2.03. The molecule has 20 heavy (non-hydrogen) atoms. The van der Waals surface area contributed by atoms with Gasteiger partial charge in [0.15, 0.2) is 5.13 Å². The second kappa shape index (κ2) is 5.63. The number of hydrogen-bond acceptors (Lipinski definition) is 4. The van der Waals surface area contributed by atoms with Crippen molar-refractivity contribution < 1.29 is 9.90 Å². The van der Waals surface area contributed by atoms with Gasteiger partial charge in [-0.2, -0.15) is 0 Å². The zero-order valence-corrected chi connectivity index (χ0v) is 12.9. The van der Waals surface area contributed by atoms with E-state index in [1.165, 1.54) is 0 Å². The predicted octanol–water partition coefficient (Wildman–Crippen LogP) is 3.66. The van der Waals surface area contributed by atoms with Gasteiger partial charge in [-0.25, -0.2) is 9.78 Å². The van der Waals surface area contributed by atoms with Crippen molar-refractivity contribution in [1.29, 1.82) is 0 Å². The second-order valence-corrected chi connectivity index (χ2v) is 6.17. The van der Waals surface area contributed by atoms with Crippen LogP contribution in [0.25, 0.3) is 11.3 Å². The van der Waals surface area contributed by atoms with Crippen molar-refractivity contribution in [2.24, 2.45) is 0 Å². The topological polar surface area (TPSA) is 53.4 Å². The molecule has 4 nitrogen and oxygen atoms in total. The smallest absolute Gasteiger partial charge is 0.335 e. The number of anilines is 1. The van der Waals surface area contributed by atoms with Gasteiger partial charge >= 0.3 is 5.97 Å². The minimum Gasteiger partial charge on any atom is -0.478 e. The SMILES string of the molecule is Cc1sc(N(C)C(C)C)nc1-c1ccc(C(=O)O)cc1. The van der Waals surface area contributed by atoms with Crippen molar-refractivity contribution in [3.8, 4) is 11.3 Å². The number of aromatic nitrogens is 1. The molecule has 2 rings (SSSR count). The summed E-state index contributed by atoms with van der Waals surface area (Å²) >= 11 is 1.65. The summed E-state index contributed by atoms with van der Waals surface area (Å²) in [6.45, 7) is 6.28.